The average molecular weight is 395 g/mol. The quantitative estimate of drug-likeness (QED) is 0.567. The third-order valence-corrected chi connectivity index (χ3v) is 6.24. The third kappa shape index (κ3) is 6.21. The highest BCUT2D eigenvalue weighted by molar-refractivity contribution is 7.99. The maximum atomic E-state index is 5.51. The largest absolute Gasteiger partial charge is 0.497 e. The van der Waals surface area contributed by atoms with Crippen molar-refractivity contribution < 1.29 is 9.47 Å². The van der Waals surface area contributed by atoms with Gasteiger partial charge in [-0.2, -0.15) is 11.8 Å². The molecule has 6 nitrogen and oxygen atoms in total. The van der Waals surface area contributed by atoms with Crippen LogP contribution in [0.1, 0.15) is 19.4 Å². The van der Waals surface area contributed by atoms with Crippen molar-refractivity contribution in [3.63, 3.8) is 0 Å². The topological polar surface area (TPSA) is 49.3 Å². The first-order valence-electron chi connectivity index (χ1n) is 9.36. The summed E-state index contributed by atoms with van der Waals surface area (Å²) in [5.74, 6) is 2.77. The van der Waals surface area contributed by atoms with Crippen LogP contribution in [0.4, 0.5) is 0 Å². The summed E-state index contributed by atoms with van der Waals surface area (Å²) in [6.45, 7) is 10.2. The number of rotatable bonds is 7. The number of piperazine rings is 1. The van der Waals surface area contributed by atoms with Gasteiger partial charge in [-0.25, -0.2) is 0 Å². The van der Waals surface area contributed by atoms with Gasteiger partial charge in [0.05, 0.1) is 14.2 Å². The standard InChI is InChI=1S/C20H34N4O2S/c1-20(2,27-6)15-22-19(21-3)24-11-9-23(10-12-24)14-16-13-17(25-4)7-8-18(16)26-5/h7-8,13H,9-12,14-15H2,1-6H3,(H,21,22). The van der Waals surface area contributed by atoms with E-state index in [9.17, 15) is 0 Å². The average Bonchev–Trinajstić information content (AvgIpc) is 2.69. The Bertz CT molecular complexity index is 628. The molecular formula is C20H34N4O2S. The van der Waals surface area contributed by atoms with Crippen molar-refractivity contribution in [1.29, 1.82) is 0 Å². The summed E-state index contributed by atoms with van der Waals surface area (Å²) in [5.41, 5.74) is 1.16. The SMILES string of the molecule is CN=C(NCC(C)(C)SC)N1CCN(Cc2cc(OC)ccc2OC)CC1. The molecule has 0 aromatic heterocycles. The van der Waals surface area contributed by atoms with E-state index in [1.807, 2.05) is 30.9 Å². The van der Waals surface area contributed by atoms with Gasteiger partial charge < -0.3 is 19.7 Å². The highest BCUT2D eigenvalue weighted by Gasteiger charge is 2.23. The van der Waals surface area contributed by atoms with Crippen LogP contribution >= 0.6 is 11.8 Å². The molecule has 1 heterocycles. The summed E-state index contributed by atoms with van der Waals surface area (Å²) < 4.78 is 11.1. The van der Waals surface area contributed by atoms with Crippen LogP contribution in [0.2, 0.25) is 0 Å². The second-order valence-electron chi connectivity index (χ2n) is 7.31. The summed E-state index contributed by atoms with van der Waals surface area (Å²) in [6.07, 6.45) is 2.15. The highest BCUT2D eigenvalue weighted by Crippen LogP contribution is 2.25. The molecule has 1 aromatic rings. The molecule has 0 amide bonds. The number of ether oxygens (including phenoxy) is 2. The van der Waals surface area contributed by atoms with Gasteiger partial charge in [0, 0.05) is 56.6 Å². The minimum absolute atomic E-state index is 0.195. The Morgan fingerprint density at radius 3 is 2.44 bits per heavy atom. The Hall–Kier alpha value is -1.60. The second-order valence-corrected chi connectivity index (χ2v) is 8.82. The zero-order valence-corrected chi connectivity index (χ0v) is 18.4. The van der Waals surface area contributed by atoms with Crippen molar-refractivity contribution >= 4 is 17.7 Å². The van der Waals surface area contributed by atoms with Gasteiger partial charge in [0.1, 0.15) is 11.5 Å². The van der Waals surface area contributed by atoms with E-state index in [0.29, 0.717) is 0 Å². The van der Waals surface area contributed by atoms with Gasteiger partial charge in [0.2, 0.25) is 0 Å². The highest BCUT2D eigenvalue weighted by atomic mass is 32.2. The Morgan fingerprint density at radius 2 is 1.89 bits per heavy atom. The van der Waals surface area contributed by atoms with Crippen LogP contribution in [-0.2, 0) is 6.54 Å². The molecule has 0 unspecified atom stereocenters. The minimum atomic E-state index is 0.195. The van der Waals surface area contributed by atoms with E-state index >= 15 is 0 Å². The van der Waals surface area contributed by atoms with Gasteiger partial charge >= 0.3 is 0 Å². The molecule has 0 saturated carbocycles. The summed E-state index contributed by atoms with van der Waals surface area (Å²) in [6, 6.07) is 5.98. The van der Waals surface area contributed by atoms with E-state index in [4.69, 9.17) is 9.47 Å². The molecule has 1 aliphatic heterocycles. The molecule has 0 atom stereocenters. The van der Waals surface area contributed by atoms with Crippen molar-refractivity contribution in [3.8, 4) is 11.5 Å². The van der Waals surface area contributed by atoms with Gasteiger partial charge in [-0.1, -0.05) is 0 Å². The van der Waals surface area contributed by atoms with Crippen LogP contribution < -0.4 is 14.8 Å². The Labute approximate surface area is 168 Å². The van der Waals surface area contributed by atoms with Crippen LogP contribution in [0.25, 0.3) is 0 Å². The fourth-order valence-electron chi connectivity index (χ4n) is 3.06. The van der Waals surface area contributed by atoms with E-state index in [0.717, 1.165) is 62.3 Å². The molecule has 152 valence electrons. The minimum Gasteiger partial charge on any atom is -0.497 e. The van der Waals surface area contributed by atoms with Gasteiger partial charge in [-0.15, -0.1) is 0 Å². The third-order valence-electron chi connectivity index (χ3n) is 4.99. The first-order chi connectivity index (χ1) is 12.9. The monoisotopic (exact) mass is 394 g/mol. The molecule has 0 aliphatic carbocycles. The molecule has 1 N–H and O–H groups in total. The van der Waals surface area contributed by atoms with Crippen LogP contribution in [0, 0.1) is 0 Å². The van der Waals surface area contributed by atoms with E-state index in [-0.39, 0.29) is 4.75 Å². The number of benzene rings is 1. The predicted octanol–water partition coefficient (Wildman–Crippen LogP) is 2.54. The predicted molar refractivity (Wildman–Crippen MR) is 115 cm³/mol. The van der Waals surface area contributed by atoms with Gasteiger partial charge in [-0.3, -0.25) is 9.89 Å². The maximum absolute atomic E-state index is 5.51. The molecule has 1 aromatic carbocycles. The fraction of sp³-hybridized carbons (Fsp3) is 0.650. The molecule has 1 aliphatic rings. The molecule has 0 radical (unpaired) electrons. The zero-order chi connectivity index (χ0) is 19.9. The van der Waals surface area contributed by atoms with Crippen LogP contribution in [0.3, 0.4) is 0 Å². The molecule has 7 heteroatoms. The van der Waals surface area contributed by atoms with Crippen LogP contribution in [-0.4, -0.2) is 80.8 Å². The summed E-state index contributed by atoms with van der Waals surface area (Å²) in [5, 5.41) is 3.53. The van der Waals surface area contributed by atoms with E-state index in [2.05, 4.69) is 46.3 Å². The van der Waals surface area contributed by atoms with Crippen molar-refractivity contribution in [1.82, 2.24) is 15.1 Å². The number of thioether (sulfide) groups is 1. The van der Waals surface area contributed by atoms with Crippen molar-refractivity contribution in [2.75, 3.05) is 60.2 Å². The molecule has 2 rings (SSSR count). The molecule has 1 saturated heterocycles. The number of nitrogens with zero attached hydrogens (tertiary/aromatic N) is 3. The van der Waals surface area contributed by atoms with Crippen molar-refractivity contribution in [3.05, 3.63) is 23.8 Å². The van der Waals surface area contributed by atoms with E-state index in [1.165, 1.54) is 0 Å². The lowest BCUT2D eigenvalue weighted by Crippen LogP contribution is -2.53. The number of nitrogens with one attached hydrogen (secondary N) is 1. The van der Waals surface area contributed by atoms with Gasteiger partial charge in [0.25, 0.3) is 0 Å². The van der Waals surface area contributed by atoms with Crippen molar-refractivity contribution in [2.45, 2.75) is 25.1 Å². The number of hydrogen-bond acceptors (Lipinski definition) is 5. The maximum Gasteiger partial charge on any atom is 0.193 e. The fourth-order valence-corrected chi connectivity index (χ4v) is 3.28. The number of aliphatic imine (C=N–C) groups is 1. The lowest BCUT2D eigenvalue weighted by molar-refractivity contribution is 0.171. The lowest BCUT2D eigenvalue weighted by Gasteiger charge is -2.37. The molecule has 0 spiro atoms. The smallest absolute Gasteiger partial charge is 0.193 e. The Morgan fingerprint density at radius 1 is 1.19 bits per heavy atom. The number of methoxy groups -OCH3 is 2. The lowest BCUT2D eigenvalue weighted by atomic mass is 10.1. The van der Waals surface area contributed by atoms with E-state index in [1.54, 1.807) is 14.2 Å². The number of guanidine groups is 1. The molecule has 0 bridgehead atoms. The summed E-state index contributed by atoms with van der Waals surface area (Å²) >= 11 is 1.87. The normalized spacial score (nSPS) is 16.4. The second kappa shape index (κ2) is 10.1. The number of hydrogen-bond donors (Lipinski definition) is 1. The first-order valence-corrected chi connectivity index (χ1v) is 10.6. The van der Waals surface area contributed by atoms with Gasteiger partial charge in [-0.05, 0) is 38.3 Å². The van der Waals surface area contributed by atoms with Gasteiger partial charge in [0.15, 0.2) is 5.96 Å². The summed E-state index contributed by atoms with van der Waals surface area (Å²) in [4.78, 5) is 9.27. The van der Waals surface area contributed by atoms with Crippen molar-refractivity contribution in [2.24, 2.45) is 4.99 Å². The zero-order valence-electron chi connectivity index (χ0n) is 17.5. The summed E-state index contributed by atoms with van der Waals surface area (Å²) in [7, 11) is 5.28. The molecule has 27 heavy (non-hydrogen) atoms. The van der Waals surface area contributed by atoms with E-state index < -0.39 is 0 Å². The van der Waals surface area contributed by atoms with Crippen LogP contribution in [0.5, 0.6) is 11.5 Å². The molecular weight excluding hydrogens is 360 g/mol. The van der Waals surface area contributed by atoms with Crippen LogP contribution in [0.15, 0.2) is 23.2 Å². The molecule has 1 fully saturated rings. The first kappa shape index (κ1) is 21.7. The Kier molecular flexibility index (Phi) is 8.10. The Balaban J connectivity index is 1.91.